The molecule has 124 valence electrons. The number of nitrogens with one attached hydrogen (secondary N) is 2. The van der Waals surface area contributed by atoms with E-state index in [-0.39, 0.29) is 11.5 Å². The van der Waals surface area contributed by atoms with Gasteiger partial charge in [-0.15, -0.1) is 0 Å². The Morgan fingerprint density at radius 2 is 2.17 bits per heavy atom. The SMILES string of the molecule is CCn1c(=S)[nH]c2cc(C(=O)NCCCS(C)=O)ccc2c1=O. The van der Waals surface area contributed by atoms with Gasteiger partial charge in [-0.25, -0.2) is 0 Å². The predicted octanol–water partition coefficient (Wildman–Crippen LogP) is 1.58. The number of carbonyl (C=O) groups excluding carboxylic acids is 1. The number of benzene rings is 1. The number of nitrogens with zero attached hydrogens (tertiary/aromatic N) is 1. The monoisotopic (exact) mass is 353 g/mol. The lowest BCUT2D eigenvalue weighted by Gasteiger charge is -2.08. The summed E-state index contributed by atoms with van der Waals surface area (Å²) in [7, 11) is -0.857. The molecular weight excluding hydrogens is 334 g/mol. The van der Waals surface area contributed by atoms with Crippen LogP contribution < -0.4 is 10.9 Å². The van der Waals surface area contributed by atoms with Crippen molar-refractivity contribution in [1.29, 1.82) is 0 Å². The van der Waals surface area contributed by atoms with Gasteiger partial charge in [0.1, 0.15) is 0 Å². The molecule has 1 aromatic carbocycles. The molecule has 2 N–H and O–H groups in total. The van der Waals surface area contributed by atoms with E-state index in [2.05, 4.69) is 10.3 Å². The first-order valence-electron chi connectivity index (χ1n) is 7.29. The molecule has 8 heteroatoms. The van der Waals surface area contributed by atoms with Crippen LogP contribution in [0.4, 0.5) is 0 Å². The summed E-state index contributed by atoms with van der Waals surface area (Å²) in [5.74, 6) is 0.328. The van der Waals surface area contributed by atoms with Crippen LogP contribution in [0.15, 0.2) is 23.0 Å². The van der Waals surface area contributed by atoms with Crippen molar-refractivity contribution < 1.29 is 9.00 Å². The fraction of sp³-hybridized carbons (Fsp3) is 0.400. The summed E-state index contributed by atoms with van der Waals surface area (Å²) in [6, 6.07) is 4.87. The molecule has 0 saturated heterocycles. The van der Waals surface area contributed by atoms with E-state index < -0.39 is 10.8 Å². The van der Waals surface area contributed by atoms with Crippen LogP contribution in [0.3, 0.4) is 0 Å². The summed E-state index contributed by atoms with van der Waals surface area (Å²) >= 11 is 5.16. The topological polar surface area (TPSA) is 84.0 Å². The highest BCUT2D eigenvalue weighted by Crippen LogP contribution is 2.11. The zero-order chi connectivity index (χ0) is 17.0. The third-order valence-electron chi connectivity index (χ3n) is 3.45. The highest BCUT2D eigenvalue weighted by Gasteiger charge is 2.09. The molecule has 1 unspecified atom stereocenters. The molecule has 0 aliphatic carbocycles. The van der Waals surface area contributed by atoms with Gasteiger partial charge in [-0.05, 0) is 43.8 Å². The lowest BCUT2D eigenvalue weighted by atomic mass is 10.1. The van der Waals surface area contributed by atoms with Gasteiger partial charge in [-0.3, -0.25) is 18.4 Å². The molecule has 0 bridgehead atoms. The zero-order valence-electron chi connectivity index (χ0n) is 13.0. The van der Waals surface area contributed by atoms with Gasteiger partial charge in [0.15, 0.2) is 4.77 Å². The van der Waals surface area contributed by atoms with Gasteiger partial charge in [-0.2, -0.15) is 0 Å². The van der Waals surface area contributed by atoms with Crippen molar-refractivity contribution in [2.24, 2.45) is 0 Å². The Kier molecular flexibility index (Phi) is 5.84. The van der Waals surface area contributed by atoms with Crippen LogP contribution in [0, 0.1) is 4.77 Å². The third-order valence-corrected chi connectivity index (χ3v) is 4.64. The number of carbonyl (C=O) groups is 1. The average molecular weight is 353 g/mol. The van der Waals surface area contributed by atoms with E-state index in [1.165, 1.54) is 4.57 Å². The largest absolute Gasteiger partial charge is 0.352 e. The number of hydrogen-bond donors (Lipinski definition) is 2. The molecule has 2 rings (SSSR count). The van der Waals surface area contributed by atoms with Gasteiger partial charge < -0.3 is 10.3 Å². The quantitative estimate of drug-likeness (QED) is 0.610. The Bertz CT molecular complexity index is 870. The second kappa shape index (κ2) is 7.65. The van der Waals surface area contributed by atoms with Gasteiger partial charge in [0.25, 0.3) is 11.5 Å². The third kappa shape index (κ3) is 4.14. The second-order valence-corrected chi connectivity index (χ2v) is 7.07. The minimum absolute atomic E-state index is 0.163. The fourth-order valence-electron chi connectivity index (χ4n) is 2.26. The molecule has 1 atom stereocenters. The maximum absolute atomic E-state index is 12.3. The Morgan fingerprint density at radius 3 is 2.83 bits per heavy atom. The first-order chi connectivity index (χ1) is 10.9. The zero-order valence-corrected chi connectivity index (χ0v) is 14.7. The van der Waals surface area contributed by atoms with E-state index in [1.54, 1.807) is 24.5 Å². The summed E-state index contributed by atoms with van der Waals surface area (Å²) in [5, 5.41) is 3.27. The summed E-state index contributed by atoms with van der Waals surface area (Å²) < 4.78 is 12.8. The van der Waals surface area contributed by atoms with Gasteiger partial charge in [-0.1, -0.05) is 0 Å². The summed E-state index contributed by atoms with van der Waals surface area (Å²) in [6.45, 7) is 2.80. The van der Waals surface area contributed by atoms with Crippen molar-refractivity contribution in [3.05, 3.63) is 38.9 Å². The minimum Gasteiger partial charge on any atom is -0.352 e. The Hall–Kier alpha value is -1.80. The van der Waals surface area contributed by atoms with Crippen LogP contribution in [0.2, 0.25) is 0 Å². The number of amides is 1. The molecule has 0 spiro atoms. The predicted molar refractivity (Wildman–Crippen MR) is 95.0 cm³/mol. The van der Waals surface area contributed by atoms with Gasteiger partial charge in [0, 0.05) is 41.5 Å². The molecule has 1 amide bonds. The standard InChI is InChI=1S/C15H19N3O3S2/c1-3-18-14(20)11-6-5-10(9-12(11)17-15(18)22)13(19)16-7-4-8-23(2)21/h5-6,9H,3-4,7-8H2,1-2H3,(H,16,19)(H,17,22). The molecule has 2 aromatic rings. The summed E-state index contributed by atoms with van der Waals surface area (Å²) in [6.07, 6.45) is 2.29. The van der Waals surface area contributed by atoms with Crippen molar-refractivity contribution in [3.63, 3.8) is 0 Å². The molecule has 0 radical (unpaired) electrons. The molecule has 1 aromatic heterocycles. The Morgan fingerprint density at radius 1 is 1.43 bits per heavy atom. The van der Waals surface area contributed by atoms with E-state index >= 15 is 0 Å². The lowest BCUT2D eigenvalue weighted by molar-refractivity contribution is 0.0954. The van der Waals surface area contributed by atoms with Crippen LogP contribution in [-0.4, -0.2) is 38.2 Å². The molecule has 0 saturated carbocycles. The average Bonchev–Trinajstić information content (AvgIpc) is 2.51. The van der Waals surface area contributed by atoms with Crippen LogP contribution in [-0.2, 0) is 17.3 Å². The van der Waals surface area contributed by atoms with Gasteiger partial charge in [0.2, 0.25) is 0 Å². The van der Waals surface area contributed by atoms with E-state index in [0.29, 0.717) is 46.5 Å². The van der Waals surface area contributed by atoms with Crippen molar-refractivity contribution in [3.8, 4) is 0 Å². The molecular formula is C15H19N3O3S2. The van der Waals surface area contributed by atoms with Crippen LogP contribution in [0.25, 0.3) is 10.9 Å². The van der Waals surface area contributed by atoms with E-state index in [0.717, 1.165) is 0 Å². The highest BCUT2D eigenvalue weighted by atomic mass is 32.2. The molecule has 23 heavy (non-hydrogen) atoms. The van der Waals surface area contributed by atoms with Crippen LogP contribution in [0.5, 0.6) is 0 Å². The number of aromatic nitrogens is 2. The van der Waals surface area contributed by atoms with E-state index in [4.69, 9.17) is 12.2 Å². The number of fused-ring (bicyclic) bond motifs is 1. The number of H-pyrrole nitrogens is 1. The first-order valence-corrected chi connectivity index (χ1v) is 9.42. The highest BCUT2D eigenvalue weighted by molar-refractivity contribution is 7.84. The van der Waals surface area contributed by atoms with Crippen molar-refractivity contribution >= 4 is 39.8 Å². The van der Waals surface area contributed by atoms with Crippen LogP contribution in [0.1, 0.15) is 23.7 Å². The minimum atomic E-state index is -0.857. The van der Waals surface area contributed by atoms with Crippen LogP contribution >= 0.6 is 12.2 Å². The van der Waals surface area contributed by atoms with Gasteiger partial charge in [0.05, 0.1) is 10.9 Å². The number of aromatic amines is 1. The maximum atomic E-state index is 12.3. The van der Waals surface area contributed by atoms with Gasteiger partial charge >= 0.3 is 0 Å². The smallest absolute Gasteiger partial charge is 0.262 e. The Balaban J connectivity index is 2.23. The molecule has 0 aliphatic rings. The van der Waals surface area contributed by atoms with E-state index in [1.807, 2.05) is 6.92 Å². The second-order valence-electron chi connectivity index (χ2n) is 5.13. The summed E-state index contributed by atoms with van der Waals surface area (Å²) in [5.41, 5.74) is 0.838. The summed E-state index contributed by atoms with van der Waals surface area (Å²) in [4.78, 5) is 27.4. The first kappa shape index (κ1) is 17.6. The van der Waals surface area contributed by atoms with Crippen molar-refractivity contribution in [2.45, 2.75) is 19.9 Å². The fourth-order valence-corrected chi connectivity index (χ4v) is 3.14. The Labute approximate surface area is 141 Å². The van der Waals surface area contributed by atoms with E-state index in [9.17, 15) is 13.8 Å². The lowest BCUT2D eigenvalue weighted by Crippen LogP contribution is -2.26. The molecule has 6 nitrogen and oxygen atoms in total. The molecule has 1 heterocycles. The normalized spacial score (nSPS) is 12.3. The maximum Gasteiger partial charge on any atom is 0.262 e. The van der Waals surface area contributed by atoms with Crippen molar-refractivity contribution in [1.82, 2.24) is 14.9 Å². The number of rotatable bonds is 6. The molecule has 0 fully saturated rings. The molecule has 0 aliphatic heterocycles. The van der Waals surface area contributed by atoms with Crippen molar-refractivity contribution in [2.75, 3.05) is 18.6 Å². The number of hydrogen-bond acceptors (Lipinski definition) is 4.